The predicted molar refractivity (Wildman–Crippen MR) is 41.8 cm³/mol. The first kappa shape index (κ1) is 9.73. The van der Waals surface area contributed by atoms with Gasteiger partial charge in [-0.3, -0.25) is 0 Å². The monoisotopic (exact) mass is 335 g/mol. The fraction of sp³-hybridized carbons (Fsp3) is 0.333. The van der Waals surface area contributed by atoms with Crippen LogP contribution in [-0.2, 0) is 38.2 Å². The van der Waals surface area contributed by atoms with Gasteiger partial charge in [-0.1, -0.05) is 25.3 Å². The largest absolute Gasteiger partial charge is 0.421 e. The molecule has 3 heteroatoms. The molecule has 1 aromatic rings. The van der Waals surface area contributed by atoms with Crippen molar-refractivity contribution in [1.82, 2.24) is 4.98 Å². The summed E-state index contributed by atoms with van der Waals surface area (Å²) in [5.41, 5.74) is 3.75. The first-order valence-corrected chi connectivity index (χ1v) is 3.82. The molecule has 65 valence electrons. The van der Waals surface area contributed by atoms with Crippen LogP contribution in [0.3, 0.4) is 0 Å². The van der Waals surface area contributed by atoms with E-state index < -0.39 is 0 Å². The molecule has 2 rings (SSSR count). The van der Waals surface area contributed by atoms with Crippen LogP contribution < -0.4 is 0 Å². The van der Waals surface area contributed by atoms with E-state index in [0.717, 1.165) is 18.6 Å². The molecule has 0 unspecified atom stereocenters. The summed E-state index contributed by atoms with van der Waals surface area (Å²) >= 11 is 0. The molecule has 0 spiro atoms. The Bertz CT molecular complexity index is 275. The van der Waals surface area contributed by atoms with Crippen LogP contribution in [0.2, 0.25) is 0 Å². The third-order valence-corrected chi connectivity index (χ3v) is 2.00. The first-order valence-electron chi connectivity index (χ1n) is 3.82. The molecular weight excluding hydrogens is 324 g/mol. The summed E-state index contributed by atoms with van der Waals surface area (Å²) in [6.07, 6.45) is 4.80. The fourth-order valence-corrected chi connectivity index (χ4v) is 1.35. The summed E-state index contributed by atoms with van der Waals surface area (Å²) in [5.74, 6) is 0. The van der Waals surface area contributed by atoms with Gasteiger partial charge in [0.2, 0.25) is 0 Å². The summed E-state index contributed by atoms with van der Waals surface area (Å²) in [6, 6.07) is 0. The molecule has 2 nitrogen and oxygen atoms in total. The topological polar surface area (TPSA) is 22.1 Å². The average molecular weight is 334 g/mol. The molecule has 1 radical (unpaired) electrons. The van der Waals surface area contributed by atoms with E-state index in [4.69, 9.17) is 4.74 Å². The first-order chi connectivity index (χ1) is 5.42. The van der Waals surface area contributed by atoms with Gasteiger partial charge in [-0.15, -0.1) is 11.1 Å². The van der Waals surface area contributed by atoms with E-state index in [-0.39, 0.29) is 20.4 Å². The Morgan fingerprint density at radius 2 is 2.42 bits per heavy atom. The second kappa shape index (κ2) is 4.04. The summed E-state index contributed by atoms with van der Waals surface area (Å²) in [7, 11) is 0. The van der Waals surface area contributed by atoms with Crippen molar-refractivity contribution in [3.8, 4) is 0 Å². The standard InChI is InChI=1S/C9H10NO.Re/c1-2-7-3-10-4-8-5-11-6-9(7)8;/h3-5H,2,6H2,1H3;/q-1;. The minimum Gasteiger partial charge on any atom is -0.421 e. The SMILES string of the molecule is CCc1cncc2c1CO[CH-]2.[Re]. The smallest absolute Gasteiger partial charge is 0.0188 e. The molecule has 0 amide bonds. The number of rotatable bonds is 1. The van der Waals surface area contributed by atoms with Gasteiger partial charge in [0.05, 0.1) is 0 Å². The molecule has 12 heavy (non-hydrogen) atoms. The summed E-state index contributed by atoms with van der Waals surface area (Å²) < 4.78 is 5.19. The van der Waals surface area contributed by atoms with E-state index in [1.807, 2.05) is 12.4 Å². The Morgan fingerprint density at radius 3 is 3.17 bits per heavy atom. The summed E-state index contributed by atoms with van der Waals surface area (Å²) in [4.78, 5) is 4.12. The minimum atomic E-state index is 0. The zero-order chi connectivity index (χ0) is 7.68. The van der Waals surface area contributed by atoms with E-state index in [2.05, 4.69) is 11.9 Å². The van der Waals surface area contributed by atoms with E-state index in [1.54, 1.807) is 6.61 Å². The maximum atomic E-state index is 5.19. The van der Waals surface area contributed by atoms with Crippen LogP contribution in [0.5, 0.6) is 0 Å². The molecule has 1 aromatic heterocycles. The van der Waals surface area contributed by atoms with Crippen molar-refractivity contribution in [3.05, 3.63) is 35.7 Å². The number of hydrogen-bond donors (Lipinski definition) is 0. The van der Waals surface area contributed by atoms with Crippen molar-refractivity contribution in [2.24, 2.45) is 0 Å². The second-order valence-corrected chi connectivity index (χ2v) is 2.65. The van der Waals surface area contributed by atoms with Crippen molar-refractivity contribution in [2.75, 3.05) is 0 Å². The Balaban J connectivity index is 0.000000720. The molecule has 1 aliphatic heterocycles. The molecule has 0 fully saturated rings. The average Bonchev–Trinajstić information content (AvgIpc) is 2.50. The van der Waals surface area contributed by atoms with Crippen molar-refractivity contribution in [3.63, 3.8) is 0 Å². The van der Waals surface area contributed by atoms with Crippen molar-refractivity contribution in [2.45, 2.75) is 20.0 Å². The van der Waals surface area contributed by atoms with Crippen LogP contribution >= 0.6 is 0 Å². The molecular formula is C9H10NORe-. The third-order valence-electron chi connectivity index (χ3n) is 2.00. The molecule has 0 aromatic carbocycles. The summed E-state index contributed by atoms with van der Waals surface area (Å²) in [6.45, 7) is 4.64. The molecule has 0 saturated heterocycles. The van der Waals surface area contributed by atoms with Crippen molar-refractivity contribution < 1.29 is 25.2 Å². The Morgan fingerprint density at radius 1 is 1.58 bits per heavy atom. The van der Waals surface area contributed by atoms with Crippen LogP contribution in [0.4, 0.5) is 0 Å². The Kier molecular flexibility index (Phi) is 3.28. The normalized spacial score (nSPS) is 13.1. The number of ether oxygens (including phenoxy) is 1. The van der Waals surface area contributed by atoms with Crippen LogP contribution in [0.25, 0.3) is 0 Å². The van der Waals surface area contributed by atoms with Gasteiger partial charge in [0.25, 0.3) is 0 Å². The minimum absolute atomic E-state index is 0. The van der Waals surface area contributed by atoms with Gasteiger partial charge < -0.3 is 9.72 Å². The van der Waals surface area contributed by atoms with Gasteiger partial charge in [0.15, 0.2) is 0 Å². The van der Waals surface area contributed by atoms with Crippen LogP contribution in [-0.4, -0.2) is 4.98 Å². The van der Waals surface area contributed by atoms with Gasteiger partial charge >= 0.3 is 0 Å². The third kappa shape index (κ3) is 1.54. The molecule has 0 aliphatic carbocycles. The Hall–Kier alpha value is -0.358. The zero-order valence-corrected chi connectivity index (χ0v) is 9.60. The van der Waals surface area contributed by atoms with Crippen molar-refractivity contribution in [1.29, 1.82) is 0 Å². The predicted octanol–water partition coefficient (Wildman–Crippen LogP) is 1.68. The van der Waals surface area contributed by atoms with Crippen LogP contribution in [0, 0.1) is 6.61 Å². The fourth-order valence-electron chi connectivity index (χ4n) is 1.35. The van der Waals surface area contributed by atoms with Gasteiger partial charge in [-0.2, -0.15) is 0 Å². The number of nitrogens with zero attached hydrogens (tertiary/aromatic N) is 1. The molecule has 0 saturated carbocycles. The number of pyridine rings is 1. The second-order valence-electron chi connectivity index (χ2n) is 2.65. The van der Waals surface area contributed by atoms with Gasteiger partial charge in [0, 0.05) is 33.2 Å². The number of hydrogen-bond acceptors (Lipinski definition) is 2. The zero-order valence-electron chi connectivity index (χ0n) is 6.88. The van der Waals surface area contributed by atoms with E-state index in [9.17, 15) is 0 Å². The molecule has 0 atom stereocenters. The van der Waals surface area contributed by atoms with E-state index >= 15 is 0 Å². The quantitative estimate of drug-likeness (QED) is 0.729. The van der Waals surface area contributed by atoms with Crippen LogP contribution in [0.1, 0.15) is 23.6 Å². The van der Waals surface area contributed by atoms with Crippen LogP contribution in [0.15, 0.2) is 12.4 Å². The Labute approximate surface area is 86.0 Å². The number of aromatic nitrogens is 1. The van der Waals surface area contributed by atoms with Gasteiger partial charge in [0.1, 0.15) is 0 Å². The van der Waals surface area contributed by atoms with E-state index in [0.29, 0.717) is 0 Å². The molecule has 0 N–H and O–H groups in total. The molecule has 2 heterocycles. The molecule has 1 aliphatic rings. The van der Waals surface area contributed by atoms with E-state index in [1.165, 1.54) is 11.1 Å². The number of aryl methyl sites for hydroxylation is 1. The van der Waals surface area contributed by atoms with Crippen molar-refractivity contribution >= 4 is 0 Å². The van der Waals surface area contributed by atoms with Gasteiger partial charge in [-0.05, 0) is 6.42 Å². The van der Waals surface area contributed by atoms with Gasteiger partial charge in [-0.25, -0.2) is 0 Å². The summed E-state index contributed by atoms with van der Waals surface area (Å²) in [5, 5.41) is 0. The number of fused-ring (bicyclic) bond motifs is 1. The maximum Gasteiger partial charge on any atom is 0.0188 e. The molecule has 0 bridgehead atoms. The maximum absolute atomic E-state index is 5.19.